The Balaban J connectivity index is 1.62. The summed E-state index contributed by atoms with van der Waals surface area (Å²) in [5.41, 5.74) is 1.60. The molecule has 7 nitrogen and oxygen atoms in total. The highest BCUT2D eigenvalue weighted by Crippen LogP contribution is 2.29. The van der Waals surface area contributed by atoms with Crippen LogP contribution >= 0.6 is 0 Å². The van der Waals surface area contributed by atoms with E-state index < -0.39 is 0 Å². The number of aryl methyl sites for hydroxylation is 1. The Morgan fingerprint density at radius 1 is 1.11 bits per heavy atom. The van der Waals surface area contributed by atoms with Crippen LogP contribution in [0.1, 0.15) is 47.6 Å². The maximum Gasteiger partial charge on any atom is 0.253 e. The fourth-order valence-corrected chi connectivity index (χ4v) is 3.67. The summed E-state index contributed by atoms with van der Waals surface area (Å²) in [4.78, 5) is 32.4. The van der Waals surface area contributed by atoms with E-state index in [0.717, 1.165) is 43.1 Å². The van der Waals surface area contributed by atoms with Gasteiger partial charge in [-0.1, -0.05) is 6.92 Å². The summed E-state index contributed by atoms with van der Waals surface area (Å²) in [5.74, 6) is 1.97. The van der Waals surface area contributed by atoms with E-state index in [0.29, 0.717) is 12.1 Å². The maximum absolute atomic E-state index is 12.8. The van der Waals surface area contributed by atoms with Gasteiger partial charge in [0.2, 0.25) is 0 Å². The molecule has 1 aliphatic rings. The molecule has 4 rings (SSSR count). The Morgan fingerprint density at radius 2 is 1.93 bits per heavy atom. The summed E-state index contributed by atoms with van der Waals surface area (Å²) in [6.45, 7) is 3.48. The average Bonchev–Trinajstić information content (AvgIpc) is 3.23. The number of hydrogen-bond donors (Lipinski definition) is 0. The third-order valence-corrected chi connectivity index (χ3v) is 4.99. The zero-order valence-electron chi connectivity index (χ0n) is 15.3. The molecule has 1 atom stereocenters. The molecule has 0 N–H and O–H groups in total. The van der Waals surface area contributed by atoms with Gasteiger partial charge in [0, 0.05) is 68.2 Å². The summed E-state index contributed by atoms with van der Waals surface area (Å²) >= 11 is 0. The van der Waals surface area contributed by atoms with Gasteiger partial charge in [0.15, 0.2) is 5.82 Å². The summed E-state index contributed by atoms with van der Waals surface area (Å²) in [5, 5.41) is 0. The second-order valence-electron chi connectivity index (χ2n) is 6.66. The van der Waals surface area contributed by atoms with Crippen molar-refractivity contribution >= 4 is 5.91 Å². The van der Waals surface area contributed by atoms with Crippen LogP contribution in [0, 0.1) is 0 Å². The normalized spacial score (nSPS) is 17.1. The number of carbonyl (C=O) groups excluding carboxylic acids is 1. The largest absolute Gasteiger partial charge is 0.338 e. The SMILES string of the molecule is CCc1nccn1-c1nccnc1[C@H]1CCCN(C(=O)c2ccncc2)C1. The number of imidazole rings is 1. The highest BCUT2D eigenvalue weighted by molar-refractivity contribution is 5.94. The Morgan fingerprint density at radius 3 is 2.74 bits per heavy atom. The number of pyridine rings is 1. The highest BCUT2D eigenvalue weighted by Gasteiger charge is 2.28. The molecule has 0 aliphatic carbocycles. The summed E-state index contributed by atoms with van der Waals surface area (Å²) < 4.78 is 2.01. The van der Waals surface area contributed by atoms with Crippen LogP contribution in [0.5, 0.6) is 0 Å². The zero-order chi connectivity index (χ0) is 18.6. The smallest absolute Gasteiger partial charge is 0.253 e. The van der Waals surface area contributed by atoms with Gasteiger partial charge in [0.25, 0.3) is 5.91 Å². The molecule has 0 saturated carbocycles. The molecule has 27 heavy (non-hydrogen) atoms. The van der Waals surface area contributed by atoms with Crippen molar-refractivity contribution in [1.82, 2.24) is 29.4 Å². The molecule has 1 aliphatic heterocycles. The van der Waals surface area contributed by atoms with Gasteiger partial charge >= 0.3 is 0 Å². The van der Waals surface area contributed by atoms with Crippen LogP contribution in [0.2, 0.25) is 0 Å². The summed E-state index contributed by atoms with van der Waals surface area (Å²) in [6, 6.07) is 3.53. The number of nitrogens with zero attached hydrogens (tertiary/aromatic N) is 6. The molecule has 0 spiro atoms. The lowest BCUT2D eigenvalue weighted by Gasteiger charge is -2.33. The van der Waals surface area contributed by atoms with Gasteiger partial charge in [-0.05, 0) is 25.0 Å². The third-order valence-electron chi connectivity index (χ3n) is 4.99. The Hall–Kier alpha value is -3.09. The van der Waals surface area contributed by atoms with Crippen molar-refractivity contribution in [3.63, 3.8) is 0 Å². The molecule has 4 heterocycles. The van der Waals surface area contributed by atoms with Crippen LogP contribution in [0.25, 0.3) is 5.82 Å². The third kappa shape index (κ3) is 3.45. The van der Waals surface area contributed by atoms with Crippen molar-refractivity contribution in [2.75, 3.05) is 13.1 Å². The van der Waals surface area contributed by atoms with Gasteiger partial charge in [-0.3, -0.25) is 19.3 Å². The molecule has 0 unspecified atom stereocenters. The van der Waals surface area contributed by atoms with Crippen molar-refractivity contribution in [3.8, 4) is 5.82 Å². The van der Waals surface area contributed by atoms with Crippen molar-refractivity contribution < 1.29 is 4.79 Å². The van der Waals surface area contributed by atoms with E-state index in [2.05, 4.69) is 26.9 Å². The van der Waals surface area contributed by atoms with Crippen molar-refractivity contribution in [1.29, 1.82) is 0 Å². The second kappa shape index (κ2) is 7.65. The van der Waals surface area contributed by atoms with E-state index in [4.69, 9.17) is 0 Å². The average molecular weight is 362 g/mol. The predicted molar refractivity (Wildman–Crippen MR) is 101 cm³/mol. The maximum atomic E-state index is 12.8. The first kappa shape index (κ1) is 17.3. The molecule has 0 aromatic carbocycles. The molecule has 0 radical (unpaired) electrons. The minimum atomic E-state index is 0.0458. The van der Waals surface area contributed by atoms with Crippen LogP contribution < -0.4 is 0 Å². The van der Waals surface area contributed by atoms with E-state index in [1.165, 1.54) is 0 Å². The zero-order valence-corrected chi connectivity index (χ0v) is 15.3. The Labute approximate surface area is 158 Å². The van der Waals surface area contributed by atoms with Crippen LogP contribution in [0.4, 0.5) is 0 Å². The van der Waals surface area contributed by atoms with E-state index in [9.17, 15) is 4.79 Å². The number of likely N-dealkylation sites (tertiary alicyclic amines) is 1. The fourth-order valence-electron chi connectivity index (χ4n) is 3.67. The fraction of sp³-hybridized carbons (Fsp3) is 0.350. The van der Waals surface area contributed by atoms with Gasteiger partial charge in [-0.25, -0.2) is 9.97 Å². The number of carbonyl (C=O) groups is 1. The van der Waals surface area contributed by atoms with Crippen LogP contribution in [0.15, 0.2) is 49.3 Å². The van der Waals surface area contributed by atoms with Gasteiger partial charge in [0.05, 0.1) is 5.69 Å². The molecule has 7 heteroatoms. The predicted octanol–water partition coefficient (Wildman–Crippen LogP) is 2.64. The molecule has 3 aromatic rings. The Bertz CT molecular complexity index is 923. The van der Waals surface area contributed by atoms with Gasteiger partial charge < -0.3 is 4.90 Å². The van der Waals surface area contributed by atoms with Crippen LogP contribution in [-0.2, 0) is 6.42 Å². The monoisotopic (exact) mass is 362 g/mol. The highest BCUT2D eigenvalue weighted by atomic mass is 16.2. The number of aromatic nitrogens is 5. The van der Waals surface area contributed by atoms with Crippen molar-refractivity contribution in [3.05, 3.63) is 66.4 Å². The molecule has 3 aromatic heterocycles. The second-order valence-corrected chi connectivity index (χ2v) is 6.66. The summed E-state index contributed by atoms with van der Waals surface area (Å²) in [7, 11) is 0. The first-order valence-electron chi connectivity index (χ1n) is 9.30. The topological polar surface area (TPSA) is 76.8 Å². The van der Waals surface area contributed by atoms with Crippen LogP contribution in [-0.4, -0.2) is 48.4 Å². The van der Waals surface area contributed by atoms with Gasteiger partial charge in [0.1, 0.15) is 5.82 Å². The quantitative estimate of drug-likeness (QED) is 0.713. The number of piperidine rings is 1. The minimum Gasteiger partial charge on any atom is -0.338 e. The van der Waals surface area contributed by atoms with E-state index in [1.807, 2.05) is 15.7 Å². The standard InChI is InChI=1S/C20H22N6O/c1-2-17-22-11-13-26(17)19-18(23-9-10-24-19)16-4-3-12-25(14-16)20(27)15-5-7-21-8-6-15/h5-11,13,16H,2-4,12,14H2,1H3/t16-/m0/s1. The molecular weight excluding hydrogens is 340 g/mol. The lowest BCUT2D eigenvalue weighted by molar-refractivity contribution is 0.0705. The molecule has 0 bridgehead atoms. The molecule has 138 valence electrons. The molecule has 1 amide bonds. The van der Waals surface area contributed by atoms with Gasteiger partial charge in [-0.15, -0.1) is 0 Å². The molecular formula is C20H22N6O. The van der Waals surface area contributed by atoms with E-state index >= 15 is 0 Å². The first-order valence-corrected chi connectivity index (χ1v) is 9.30. The lowest BCUT2D eigenvalue weighted by Crippen LogP contribution is -2.39. The van der Waals surface area contributed by atoms with Crippen LogP contribution in [0.3, 0.4) is 0 Å². The molecule has 1 fully saturated rings. The minimum absolute atomic E-state index is 0.0458. The van der Waals surface area contributed by atoms with E-state index in [-0.39, 0.29) is 11.8 Å². The van der Waals surface area contributed by atoms with Crippen molar-refractivity contribution in [2.45, 2.75) is 32.1 Å². The van der Waals surface area contributed by atoms with E-state index in [1.54, 1.807) is 43.1 Å². The van der Waals surface area contributed by atoms with Crippen molar-refractivity contribution in [2.24, 2.45) is 0 Å². The molecule has 1 saturated heterocycles. The first-order chi connectivity index (χ1) is 13.3. The number of amides is 1. The van der Waals surface area contributed by atoms with Gasteiger partial charge in [-0.2, -0.15) is 0 Å². The summed E-state index contributed by atoms with van der Waals surface area (Å²) in [6.07, 6.45) is 13.2. The Kier molecular flexibility index (Phi) is 4.91. The lowest BCUT2D eigenvalue weighted by atomic mass is 9.93. The number of hydrogen-bond acceptors (Lipinski definition) is 5. The number of rotatable bonds is 4.